The molecule has 0 aromatic heterocycles. The molecule has 5 heteroatoms. The van der Waals surface area contributed by atoms with Gasteiger partial charge in [0.2, 0.25) is 0 Å². The number of aliphatic carboxylic acids is 1. The van der Waals surface area contributed by atoms with Gasteiger partial charge in [0, 0.05) is 6.54 Å². The maximum absolute atomic E-state index is 13.3. The monoisotopic (exact) mass is 303 g/mol. The van der Waals surface area contributed by atoms with Crippen LogP contribution in [0.3, 0.4) is 0 Å². The summed E-state index contributed by atoms with van der Waals surface area (Å²) in [5, 5.41) is 9.00. The zero-order chi connectivity index (χ0) is 13.0. The number of carboxylic acids is 1. The molecule has 0 saturated carbocycles. The zero-order valence-electron chi connectivity index (χ0n) is 9.78. The van der Waals surface area contributed by atoms with E-state index in [-0.39, 0.29) is 5.82 Å². The first-order valence-corrected chi connectivity index (χ1v) is 6.12. The molecule has 0 heterocycles. The zero-order valence-corrected chi connectivity index (χ0v) is 11.4. The van der Waals surface area contributed by atoms with Crippen LogP contribution in [-0.4, -0.2) is 29.1 Å². The molecule has 17 heavy (non-hydrogen) atoms. The van der Waals surface area contributed by atoms with Crippen LogP contribution >= 0.6 is 15.9 Å². The predicted molar refractivity (Wildman–Crippen MR) is 67.3 cm³/mol. The molecule has 0 amide bonds. The van der Waals surface area contributed by atoms with Gasteiger partial charge in [-0.15, -0.1) is 0 Å². The van der Waals surface area contributed by atoms with Crippen LogP contribution in [-0.2, 0) is 11.3 Å². The van der Waals surface area contributed by atoms with Gasteiger partial charge in [-0.2, -0.15) is 0 Å². The molecular weight excluding hydrogens is 289 g/mol. The molecule has 94 valence electrons. The van der Waals surface area contributed by atoms with Crippen LogP contribution in [0, 0.1) is 5.82 Å². The van der Waals surface area contributed by atoms with Gasteiger partial charge in [-0.25, -0.2) is 4.39 Å². The van der Waals surface area contributed by atoms with Crippen LogP contribution in [0.2, 0.25) is 0 Å². The number of nitrogens with zero attached hydrogens (tertiary/aromatic N) is 1. The number of hydrogen-bond acceptors (Lipinski definition) is 2. The van der Waals surface area contributed by atoms with Crippen molar-refractivity contribution < 1.29 is 14.3 Å². The maximum atomic E-state index is 13.3. The quantitative estimate of drug-likeness (QED) is 0.909. The molecule has 0 fully saturated rings. The van der Waals surface area contributed by atoms with Crippen molar-refractivity contribution in [1.82, 2.24) is 4.90 Å². The minimum absolute atomic E-state index is 0.334. The standard InChI is InChI=1S/C12H15BrFNO2/c1-3-11(12(16)17)15(2)7-8-4-5-9(13)10(14)6-8/h4-6,11H,3,7H2,1-2H3,(H,16,17). The van der Waals surface area contributed by atoms with E-state index in [1.807, 2.05) is 6.92 Å². The third kappa shape index (κ3) is 3.78. The fourth-order valence-corrected chi connectivity index (χ4v) is 1.96. The van der Waals surface area contributed by atoms with Gasteiger partial charge in [0.25, 0.3) is 0 Å². The minimum Gasteiger partial charge on any atom is -0.480 e. The number of hydrogen-bond donors (Lipinski definition) is 1. The SMILES string of the molecule is CCC(C(=O)O)N(C)Cc1ccc(Br)c(F)c1. The van der Waals surface area contributed by atoms with E-state index < -0.39 is 12.0 Å². The van der Waals surface area contributed by atoms with Crippen LogP contribution in [0.25, 0.3) is 0 Å². The van der Waals surface area contributed by atoms with Gasteiger partial charge >= 0.3 is 5.97 Å². The highest BCUT2D eigenvalue weighted by Gasteiger charge is 2.20. The summed E-state index contributed by atoms with van der Waals surface area (Å²) in [7, 11) is 1.72. The highest BCUT2D eigenvalue weighted by atomic mass is 79.9. The third-order valence-electron chi connectivity index (χ3n) is 2.62. The van der Waals surface area contributed by atoms with Crippen molar-refractivity contribution in [1.29, 1.82) is 0 Å². The summed E-state index contributed by atoms with van der Waals surface area (Å²) in [5.74, 6) is -1.19. The largest absolute Gasteiger partial charge is 0.480 e. The van der Waals surface area contributed by atoms with E-state index in [1.165, 1.54) is 6.07 Å². The molecule has 0 saturated heterocycles. The van der Waals surface area contributed by atoms with Crippen molar-refractivity contribution >= 4 is 21.9 Å². The number of carbonyl (C=O) groups is 1. The first-order chi connectivity index (χ1) is 7.95. The average Bonchev–Trinajstić information content (AvgIpc) is 2.24. The van der Waals surface area contributed by atoms with Crippen molar-refractivity contribution in [3.63, 3.8) is 0 Å². The van der Waals surface area contributed by atoms with Gasteiger partial charge in [-0.05, 0) is 47.1 Å². The highest BCUT2D eigenvalue weighted by molar-refractivity contribution is 9.10. The summed E-state index contributed by atoms with van der Waals surface area (Å²) in [4.78, 5) is 12.7. The summed E-state index contributed by atoms with van der Waals surface area (Å²) in [6.45, 7) is 2.23. The molecule has 1 rings (SSSR count). The maximum Gasteiger partial charge on any atom is 0.320 e. The predicted octanol–water partition coefficient (Wildman–Crippen LogP) is 2.88. The second-order valence-electron chi connectivity index (χ2n) is 3.93. The van der Waals surface area contributed by atoms with Crippen LogP contribution in [0.15, 0.2) is 22.7 Å². The van der Waals surface area contributed by atoms with E-state index in [4.69, 9.17) is 5.11 Å². The molecule has 0 aliphatic carbocycles. The van der Waals surface area contributed by atoms with Crippen molar-refractivity contribution in [2.24, 2.45) is 0 Å². The number of benzene rings is 1. The van der Waals surface area contributed by atoms with Crippen molar-refractivity contribution in [2.75, 3.05) is 7.05 Å². The van der Waals surface area contributed by atoms with Crippen LogP contribution in [0.1, 0.15) is 18.9 Å². The summed E-state index contributed by atoms with van der Waals surface area (Å²) in [6, 6.07) is 4.27. The first kappa shape index (κ1) is 14.1. The van der Waals surface area contributed by atoms with Crippen LogP contribution < -0.4 is 0 Å². The molecular formula is C12H15BrFNO2. The molecule has 0 aliphatic heterocycles. The van der Waals surface area contributed by atoms with E-state index in [1.54, 1.807) is 24.1 Å². The number of carboxylic acid groups (broad SMARTS) is 1. The molecule has 0 aliphatic rings. The van der Waals surface area contributed by atoms with E-state index in [9.17, 15) is 9.18 Å². The summed E-state index contributed by atoms with van der Waals surface area (Å²) in [6.07, 6.45) is 0.519. The Balaban J connectivity index is 2.76. The third-order valence-corrected chi connectivity index (χ3v) is 3.26. The van der Waals surface area contributed by atoms with Gasteiger partial charge in [-0.3, -0.25) is 9.69 Å². The Morgan fingerprint density at radius 3 is 2.71 bits per heavy atom. The highest BCUT2D eigenvalue weighted by Crippen LogP contribution is 2.18. The Morgan fingerprint density at radius 2 is 2.24 bits per heavy atom. The molecule has 0 radical (unpaired) electrons. The lowest BCUT2D eigenvalue weighted by molar-refractivity contribution is -0.143. The fourth-order valence-electron chi connectivity index (χ4n) is 1.71. The number of likely N-dealkylation sites (N-methyl/N-ethyl adjacent to an activating group) is 1. The van der Waals surface area contributed by atoms with Crippen molar-refractivity contribution in [3.05, 3.63) is 34.1 Å². The molecule has 1 unspecified atom stereocenters. The second-order valence-corrected chi connectivity index (χ2v) is 4.78. The fraction of sp³-hybridized carbons (Fsp3) is 0.417. The first-order valence-electron chi connectivity index (χ1n) is 5.32. The number of halogens is 2. The number of rotatable bonds is 5. The topological polar surface area (TPSA) is 40.5 Å². The molecule has 1 aromatic carbocycles. The smallest absolute Gasteiger partial charge is 0.320 e. The Kier molecular flexibility index (Phi) is 5.08. The lowest BCUT2D eigenvalue weighted by Crippen LogP contribution is -2.37. The molecule has 0 bridgehead atoms. The molecule has 1 aromatic rings. The Hall–Kier alpha value is -0.940. The minimum atomic E-state index is -0.854. The summed E-state index contributed by atoms with van der Waals surface area (Å²) in [5.41, 5.74) is 0.757. The normalized spacial score (nSPS) is 12.8. The van der Waals surface area contributed by atoms with Gasteiger partial charge in [0.05, 0.1) is 4.47 Å². The van der Waals surface area contributed by atoms with E-state index in [0.717, 1.165) is 5.56 Å². The van der Waals surface area contributed by atoms with E-state index >= 15 is 0 Å². The second kappa shape index (κ2) is 6.12. The lowest BCUT2D eigenvalue weighted by Gasteiger charge is -2.23. The van der Waals surface area contributed by atoms with Gasteiger partial charge in [-0.1, -0.05) is 13.0 Å². The van der Waals surface area contributed by atoms with Gasteiger partial charge in [0.1, 0.15) is 11.9 Å². The molecule has 1 N–H and O–H groups in total. The molecule has 1 atom stereocenters. The van der Waals surface area contributed by atoms with Crippen LogP contribution in [0.5, 0.6) is 0 Å². The Labute approximate surface area is 108 Å². The summed E-state index contributed by atoms with van der Waals surface area (Å²) < 4.78 is 13.7. The van der Waals surface area contributed by atoms with E-state index in [0.29, 0.717) is 17.4 Å². The van der Waals surface area contributed by atoms with E-state index in [2.05, 4.69) is 15.9 Å². The Bertz CT molecular complexity index is 411. The van der Waals surface area contributed by atoms with Crippen molar-refractivity contribution in [2.45, 2.75) is 25.9 Å². The average molecular weight is 304 g/mol. The molecule has 0 spiro atoms. The Morgan fingerprint density at radius 1 is 1.59 bits per heavy atom. The van der Waals surface area contributed by atoms with Gasteiger partial charge in [0.15, 0.2) is 0 Å². The summed E-state index contributed by atoms with van der Waals surface area (Å²) >= 11 is 3.08. The van der Waals surface area contributed by atoms with Gasteiger partial charge < -0.3 is 5.11 Å². The van der Waals surface area contributed by atoms with Crippen LogP contribution in [0.4, 0.5) is 4.39 Å². The molecule has 3 nitrogen and oxygen atoms in total. The van der Waals surface area contributed by atoms with Crippen molar-refractivity contribution in [3.8, 4) is 0 Å². The lowest BCUT2D eigenvalue weighted by atomic mass is 10.1.